The first kappa shape index (κ1) is 12.0. The fourth-order valence-electron chi connectivity index (χ4n) is 1.71. The number of ketones is 1. The summed E-state index contributed by atoms with van der Waals surface area (Å²) in [6.07, 6.45) is 0.473. The summed E-state index contributed by atoms with van der Waals surface area (Å²) in [7, 11) is 0. The lowest BCUT2D eigenvalue weighted by molar-refractivity contribution is -0.136. The Bertz CT molecular complexity index is 795. The number of aliphatic carboxylic acids is 1. The van der Waals surface area contributed by atoms with Crippen molar-refractivity contribution in [2.75, 3.05) is 0 Å². The van der Waals surface area contributed by atoms with Gasteiger partial charge in [-0.15, -0.1) is 0 Å². The molecule has 0 amide bonds. The highest BCUT2D eigenvalue weighted by molar-refractivity contribution is 5.98. The van der Waals surface area contributed by atoms with Crippen LogP contribution in [0.5, 0.6) is 5.75 Å². The minimum Gasteiger partial charge on any atom is -0.506 e. The number of carbonyl (C=O) groups is 2. The van der Waals surface area contributed by atoms with Gasteiger partial charge in [-0.25, -0.2) is 9.37 Å². The van der Waals surface area contributed by atoms with Gasteiger partial charge >= 0.3 is 5.97 Å². The van der Waals surface area contributed by atoms with Crippen molar-refractivity contribution >= 4 is 11.8 Å². The molecular formula is C15H12FNO4. The highest BCUT2D eigenvalue weighted by Crippen LogP contribution is 2.26. The monoisotopic (exact) mass is 291 g/mol. The molecule has 1 aromatic heterocycles. The molecule has 0 radical (unpaired) electrons. The van der Waals surface area contributed by atoms with Gasteiger partial charge in [0, 0.05) is 18.2 Å². The highest BCUT2D eigenvalue weighted by Gasteiger charge is 2.15. The molecule has 0 atom stereocenters. The van der Waals surface area contributed by atoms with Gasteiger partial charge in [0.15, 0.2) is 5.78 Å². The molecule has 1 heterocycles. The van der Waals surface area contributed by atoms with Crippen LogP contribution in [0.15, 0.2) is 36.5 Å². The maximum absolute atomic E-state index is 13.5. The Morgan fingerprint density at radius 1 is 1.29 bits per heavy atom. The van der Waals surface area contributed by atoms with Gasteiger partial charge in [-0.2, -0.15) is 0 Å². The van der Waals surface area contributed by atoms with E-state index in [0.717, 1.165) is 12.1 Å². The van der Waals surface area contributed by atoms with E-state index in [9.17, 15) is 19.1 Å². The number of pyridine rings is 1. The third kappa shape index (κ3) is 3.62. The van der Waals surface area contributed by atoms with Crippen molar-refractivity contribution in [1.82, 2.24) is 4.98 Å². The molecule has 5 nitrogen and oxygen atoms in total. The van der Waals surface area contributed by atoms with Crippen LogP contribution in [0, 0.1) is 5.82 Å². The first-order valence-electron chi connectivity index (χ1n) is 7.00. The van der Waals surface area contributed by atoms with Gasteiger partial charge in [0.25, 0.3) is 0 Å². The summed E-state index contributed by atoms with van der Waals surface area (Å²) in [6.45, 7) is 0. The van der Waals surface area contributed by atoms with E-state index >= 15 is 0 Å². The minimum absolute atomic E-state index is 0.0577. The quantitative estimate of drug-likeness (QED) is 0.827. The minimum atomic E-state index is -1.14. The van der Waals surface area contributed by atoms with Gasteiger partial charge in [0.2, 0.25) is 0 Å². The van der Waals surface area contributed by atoms with Gasteiger partial charge in [-0.05, 0) is 23.7 Å². The zero-order valence-corrected chi connectivity index (χ0v) is 10.8. The first-order valence-corrected chi connectivity index (χ1v) is 6.00. The third-order valence-electron chi connectivity index (χ3n) is 2.70. The van der Waals surface area contributed by atoms with Crippen LogP contribution in [-0.4, -0.2) is 26.9 Å². The average molecular weight is 291 g/mol. The Labute approximate surface area is 122 Å². The Balaban J connectivity index is 2.37. The molecule has 21 heavy (non-hydrogen) atoms. The second-order valence-electron chi connectivity index (χ2n) is 4.25. The molecule has 0 aliphatic heterocycles. The molecule has 1 aromatic carbocycles. The molecule has 0 aliphatic rings. The number of hydrogen-bond donors (Lipinski definition) is 2. The van der Waals surface area contributed by atoms with E-state index < -0.39 is 29.4 Å². The van der Waals surface area contributed by atoms with Crippen molar-refractivity contribution in [1.29, 1.82) is 0 Å². The summed E-state index contributed by atoms with van der Waals surface area (Å²) in [6, 6.07) is 2.67. The molecule has 0 fully saturated rings. The number of aromatic hydroxyl groups is 1. The predicted octanol–water partition coefficient (Wildman–Crippen LogP) is 2.64. The Morgan fingerprint density at radius 2 is 2.05 bits per heavy atom. The summed E-state index contributed by atoms with van der Waals surface area (Å²) < 4.78 is 28.6. The molecule has 0 saturated carbocycles. The number of benzene rings is 1. The molecular weight excluding hydrogens is 277 g/mol. The number of carboxylic acid groups (broad SMARTS) is 1. The van der Waals surface area contributed by atoms with E-state index in [1.54, 1.807) is 0 Å². The van der Waals surface area contributed by atoms with E-state index in [4.69, 9.17) is 7.85 Å². The SMILES string of the molecule is [2H]c1cc(F)c([2H])c(-c2cnc(C(=O)CCC(=O)O)c(O)c2)c1. The second-order valence-corrected chi connectivity index (χ2v) is 4.25. The number of nitrogens with zero attached hydrogens (tertiary/aromatic N) is 1. The van der Waals surface area contributed by atoms with Gasteiger partial charge in [-0.1, -0.05) is 12.1 Å². The van der Waals surface area contributed by atoms with Crippen LogP contribution in [0.1, 0.15) is 26.1 Å². The lowest BCUT2D eigenvalue weighted by Gasteiger charge is -2.06. The van der Waals surface area contributed by atoms with Crippen LogP contribution in [0.2, 0.25) is 0 Å². The molecule has 0 aliphatic carbocycles. The van der Waals surface area contributed by atoms with E-state index in [1.807, 2.05) is 0 Å². The van der Waals surface area contributed by atoms with Gasteiger partial charge in [0.1, 0.15) is 17.3 Å². The number of carbonyl (C=O) groups excluding carboxylic acids is 1. The molecule has 0 spiro atoms. The van der Waals surface area contributed by atoms with Crippen molar-refractivity contribution < 1.29 is 26.9 Å². The molecule has 2 rings (SSSR count). The lowest BCUT2D eigenvalue weighted by Crippen LogP contribution is -2.06. The normalized spacial score (nSPS) is 11.7. The summed E-state index contributed by atoms with van der Waals surface area (Å²) in [5, 5.41) is 18.4. The van der Waals surface area contributed by atoms with E-state index in [2.05, 4.69) is 4.98 Å². The summed E-state index contributed by atoms with van der Waals surface area (Å²) in [4.78, 5) is 26.0. The smallest absolute Gasteiger partial charge is 0.303 e. The van der Waals surface area contributed by atoms with E-state index in [0.29, 0.717) is 0 Å². The van der Waals surface area contributed by atoms with Crippen molar-refractivity contribution in [3.8, 4) is 16.9 Å². The maximum Gasteiger partial charge on any atom is 0.303 e. The van der Waals surface area contributed by atoms with Crippen LogP contribution in [-0.2, 0) is 4.79 Å². The number of hydrogen-bond acceptors (Lipinski definition) is 4. The summed E-state index contributed by atoms with van der Waals surface area (Å²) in [5.41, 5.74) is -0.0540. The van der Waals surface area contributed by atoms with Gasteiger partial charge in [-0.3, -0.25) is 9.59 Å². The van der Waals surface area contributed by atoms with Crippen molar-refractivity contribution in [3.05, 3.63) is 48.0 Å². The van der Waals surface area contributed by atoms with Crippen LogP contribution < -0.4 is 0 Å². The standard InChI is InChI=1S/C15H12FNO4/c16-11-3-1-2-9(6-11)10-7-13(19)15(17-8-10)12(18)4-5-14(20)21/h1-3,6-8,19H,4-5H2,(H,20,21)/i1D,6D. The zero-order chi connectivity index (χ0) is 17.1. The average Bonchev–Trinajstić information content (AvgIpc) is 2.48. The largest absolute Gasteiger partial charge is 0.506 e. The number of carboxylic acids is 1. The Morgan fingerprint density at radius 3 is 2.71 bits per heavy atom. The molecule has 6 heteroatoms. The maximum atomic E-state index is 13.5. The van der Waals surface area contributed by atoms with Crippen LogP contribution >= 0.6 is 0 Å². The first-order chi connectivity index (χ1) is 10.8. The number of rotatable bonds is 5. The van der Waals surface area contributed by atoms with Crippen LogP contribution in [0.25, 0.3) is 11.1 Å². The predicted molar refractivity (Wildman–Crippen MR) is 72.5 cm³/mol. The fourth-order valence-corrected chi connectivity index (χ4v) is 1.71. The summed E-state index contributed by atoms with van der Waals surface area (Å²) >= 11 is 0. The van der Waals surface area contributed by atoms with Crippen molar-refractivity contribution in [3.63, 3.8) is 0 Å². The molecule has 2 aromatic rings. The topological polar surface area (TPSA) is 87.5 Å². The molecule has 0 bridgehead atoms. The zero-order valence-electron chi connectivity index (χ0n) is 12.8. The van der Waals surface area contributed by atoms with E-state index in [1.165, 1.54) is 12.3 Å². The van der Waals surface area contributed by atoms with Crippen molar-refractivity contribution in [2.24, 2.45) is 0 Å². The molecule has 108 valence electrons. The Kier molecular flexibility index (Phi) is 3.51. The van der Waals surface area contributed by atoms with Gasteiger partial charge < -0.3 is 10.2 Å². The number of aromatic nitrogens is 1. The molecule has 0 unspecified atom stereocenters. The van der Waals surface area contributed by atoms with E-state index in [-0.39, 0.29) is 35.7 Å². The van der Waals surface area contributed by atoms with Gasteiger partial charge in [0.05, 0.1) is 9.16 Å². The van der Waals surface area contributed by atoms with Crippen LogP contribution in [0.4, 0.5) is 4.39 Å². The number of halogens is 1. The highest BCUT2D eigenvalue weighted by atomic mass is 19.1. The molecule has 0 saturated heterocycles. The second kappa shape index (κ2) is 6.13. The molecule has 2 N–H and O–H groups in total. The van der Waals surface area contributed by atoms with Crippen molar-refractivity contribution in [2.45, 2.75) is 12.8 Å². The van der Waals surface area contributed by atoms with Crippen LogP contribution in [0.3, 0.4) is 0 Å². The third-order valence-corrected chi connectivity index (χ3v) is 2.70. The summed E-state index contributed by atoms with van der Waals surface area (Å²) in [5.74, 6) is -3.15. The lowest BCUT2D eigenvalue weighted by atomic mass is 10.1. The Hall–Kier alpha value is -2.76. The number of Topliss-reactive ketones (excluding diaryl/α,β-unsaturated/α-hetero) is 1. The fraction of sp³-hybridized carbons (Fsp3) is 0.133.